The van der Waals surface area contributed by atoms with Crippen LogP contribution in [0.2, 0.25) is 24.2 Å². The first-order chi connectivity index (χ1) is 31.1. The SMILES string of the molecule is CC[Si](CC)(CCCOCC(CCC(C)CC(C)(C)C)C(C)CC(C)(C)C)CCOC(=O)[C@@H](CC(=O)[C@H](Cc1ccccc1)NC(=O)C1CCCN1C(=O)[C@@H](N)C(C)C)Cc1ccccc1. The second-order valence-corrected chi connectivity index (χ2v) is 28.4. The molecule has 372 valence electrons. The lowest BCUT2D eigenvalue weighted by atomic mass is 9.76. The molecule has 66 heavy (non-hydrogen) atoms. The Labute approximate surface area is 402 Å². The Bertz CT molecular complexity index is 1740. The molecule has 0 spiro atoms. The number of nitrogens with one attached hydrogen (secondary N) is 1. The van der Waals surface area contributed by atoms with Crippen molar-refractivity contribution >= 4 is 31.6 Å². The number of likely N-dealkylation sites (tertiary alicyclic amines) is 1. The zero-order chi connectivity index (χ0) is 49.1. The number of hydrogen-bond acceptors (Lipinski definition) is 7. The highest BCUT2D eigenvalue weighted by molar-refractivity contribution is 6.79. The molecular weight excluding hydrogens is 839 g/mol. The van der Waals surface area contributed by atoms with Crippen LogP contribution in [0.1, 0.15) is 146 Å². The maximum Gasteiger partial charge on any atom is 0.309 e. The fourth-order valence-corrected chi connectivity index (χ4v) is 13.9. The smallest absolute Gasteiger partial charge is 0.309 e. The van der Waals surface area contributed by atoms with Crippen LogP contribution < -0.4 is 11.1 Å². The zero-order valence-electron chi connectivity index (χ0n) is 43.6. The predicted molar refractivity (Wildman–Crippen MR) is 275 cm³/mol. The lowest BCUT2D eigenvalue weighted by Crippen LogP contribution is -2.55. The zero-order valence-corrected chi connectivity index (χ0v) is 44.6. The van der Waals surface area contributed by atoms with Crippen molar-refractivity contribution in [2.45, 2.75) is 190 Å². The average Bonchev–Trinajstić information content (AvgIpc) is 3.75. The van der Waals surface area contributed by atoms with Crippen molar-refractivity contribution in [3.8, 4) is 0 Å². The maximum absolute atomic E-state index is 14.4. The van der Waals surface area contributed by atoms with Crippen LogP contribution in [0, 0.1) is 40.4 Å². The van der Waals surface area contributed by atoms with E-state index < -0.39 is 32.1 Å². The van der Waals surface area contributed by atoms with E-state index in [1.165, 1.54) is 25.7 Å². The summed E-state index contributed by atoms with van der Waals surface area (Å²) in [5.41, 5.74) is 8.71. The molecule has 1 fully saturated rings. The molecule has 2 amide bonds. The summed E-state index contributed by atoms with van der Waals surface area (Å²) in [6, 6.07) is 21.2. The number of benzene rings is 2. The van der Waals surface area contributed by atoms with E-state index in [0.29, 0.717) is 55.6 Å². The molecule has 3 N–H and O–H groups in total. The van der Waals surface area contributed by atoms with Gasteiger partial charge in [0.2, 0.25) is 11.8 Å². The number of carbonyl (C=O) groups is 4. The number of nitrogens with two attached hydrogens (primary N) is 1. The van der Waals surface area contributed by atoms with Crippen molar-refractivity contribution in [3.63, 3.8) is 0 Å². The molecule has 4 unspecified atom stereocenters. The molecule has 1 aliphatic heterocycles. The first kappa shape index (κ1) is 57.0. The van der Waals surface area contributed by atoms with Crippen LogP contribution in [0.25, 0.3) is 0 Å². The number of hydrogen-bond donors (Lipinski definition) is 2. The third kappa shape index (κ3) is 20.1. The van der Waals surface area contributed by atoms with Gasteiger partial charge in [0.1, 0.15) is 6.04 Å². The first-order valence-electron chi connectivity index (χ1n) is 25.8. The van der Waals surface area contributed by atoms with Gasteiger partial charge in [0.15, 0.2) is 5.78 Å². The standard InChI is InChI=1S/C56H93N3O6Si/c1-13-66(14-2,33-22-31-64-40-46(43(6)39-56(10,11)12)29-28-42(5)38-55(7,8)9)34-32-65-54(63)47(35-44-23-17-15-18-24-44)37-50(60)48(36-45-25-19-16-20-26-45)58-52(61)49-27-21-30-59(49)53(62)51(57)41(3)4/h15-20,23-26,41-43,46-49,51H,13-14,21-22,27-40,57H2,1-12H3,(H,58,61)/t42?,43?,46?,47-,48+,49?,51+/m1/s1. The summed E-state index contributed by atoms with van der Waals surface area (Å²) in [5, 5.41) is 3.03. The van der Waals surface area contributed by atoms with Gasteiger partial charge in [0.25, 0.3) is 0 Å². The number of carbonyl (C=O) groups excluding carboxylic acids is 4. The van der Waals surface area contributed by atoms with E-state index in [0.717, 1.165) is 54.9 Å². The van der Waals surface area contributed by atoms with E-state index >= 15 is 0 Å². The predicted octanol–water partition coefficient (Wildman–Crippen LogP) is 11.5. The van der Waals surface area contributed by atoms with Crippen LogP contribution in [0.3, 0.4) is 0 Å². The molecule has 1 aliphatic rings. The van der Waals surface area contributed by atoms with Crippen molar-refractivity contribution in [1.82, 2.24) is 10.2 Å². The van der Waals surface area contributed by atoms with Gasteiger partial charge in [0.05, 0.1) is 32.7 Å². The van der Waals surface area contributed by atoms with Gasteiger partial charge in [-0.15, -0.1) is 0 Å². The van der Waals surface area contributed by atoms with Crippen molar-refractivity contribution in [3.05, 3.63) is 71.8 Å². The molecule has 3 rings (SSSR count). The molecular formula is C56H93N3O6Si. The van der Waals surface area contributed by atoms with Gasteiger partial charge in [-0.05, 0) is 103 Å². The second-order valence-electron chi connectivity index (χ2n) is 23.0. The maximum atomic E-state index is 14.4. The summed E-state index contributed by atoms with van der Waals surface area (Å²) in [4.78, 5) is 57.4. The van der Waals surface area contributed by atoms with Crippen molar-refractivity contribution in [2.24, 2.45) is 46.2 Å². The molecule has 2 aromatic rings. The molecule has 9 nitrogen and oxygen atoms in total. The van der Waals surface area contributed by atoms with Crippen LogP contribution in [0.5, 0.6) is 0 Å². The lowest BCUT2D eigenvalue weighted by molar-refractivity contribution is -0.150. The Morgan fingerprint density at radius 1 is 0.803 bits per heavy atom. The quantitative estimate of drug-likeness (QED) is 0.0472. The minimum absolute atomic E-state index is 0.0733. The monoisotopic (exact) mass is 932 g/mol. The molecule has 0 aliphatic carbocycles. The van der Waals surface area contributed by atoms with E-state index in [1.54, 1.807) is 4.90 Å². The van der Waals surface area contributed by atoms with E-state index in [-0.39, 0.29) is 47.7 Å². The van der Waals surface area contributed by atoms with Crippen molar-refractivity contribution in [1.29, 1.82) is 0 Å². The Balaban J connectivity index is 1.68. The number of nitrogens with zero attached hydrogens (tertiary/aromatic N) is 1. The molecule has 1 saturated heterocycles. The number of amides is 2. The number of esters is 1. The van der Waals surface area contributed by atoms with Gasteiger partial charge in [0, 0.05) is 26.2 Å². The van der Waals surface area contributed by atoms with Gasteiger partial charge < -0.3 is 25.4 Å². The van der Waals surface area contributed by atoms with E-state index in [9.17, 15) is 19.2 Å². The van der Waals surface area contributed by atoms with Crippen molar-refractivity contribution < 1.29 is 28.7 Å². The Hall–Kier alpha value is -3.34. The molecule has 10 heteroatoms. The van der Waals surface area contributed by atoms with Crippen molar-refractivity contribution in [2.75, 3.05) is 26.4 Å². The molecule has 0 saturated carbocycles. The largest absolute Gasteiger partial charge is 0.466 e. The molecule has 1 heterocycles. The van der Waals surface area contributed by atoms with Crippen LogP contribution in [-0.2, 0) is 41.5 Å². The van der Waals surface area contributed by atoms with Gasteiger partial charge in [-0.2, -0.15) is 0 Å². The molecule has 0 aromatic heterocycles. The molecule has 2 aromatic carbocycles. The highest BCUT2D eigenvalue weighted by Gasteiger charge is 2.39. The molecule has 0 bridgehead atoms. The van der Waals surface area contributed by atoms with Gasteiger partial charge >= 0.3 is 5.97 Å². The normalized spacial score (nSPS) is 17.5. The summed E-state index contributed by atoms with van der Waals surface area (Å²) >= 11 is 0. The lowest BCUT2D eigenvalue weighted by Gasteiger charge is -2.32. The average molecular weight is 932 g/mol. The van der Waals surface area contributed by atoms with E-state index in [2.05, 4.69) is 74.6 Å². The molecule has 7 atom stereocenters. The third-order valence-electron chi connectivity index (χ3n) is 14.4. The number of ketones is 1. The summed E-state index contributed by atoms with van der Waals surface area (Å²) in [7, 11) is -1.76. The van der Waals surface area contributed by atoms with Gasteiger partial charge in [-0.1, -0.05) is 168 Å². The first-order valence-corrected chi connectivity index (χ1v) is 28.6. The minimum atomic E-state index is -1.76. The third-order valence-corrected chi connectivity index (χ3v) is 20.0. The van der Waals surface area contributed by atoms with Crippen LogP contribution in [0.15, 0.2) is 60.7 Å². The number of ether oxygens (including phenoxy) is 2. The molecule has 0 radical (unpaired) electrons. The van der Waals surface area contributed by atoms with E-state index in [1.807, 2.05) is 74.5 Å². The minimum Gasteiger partial charge on any atom is -0.466 e. The Morgan fingerprint density at radius 2 is 1.39 bits per heavy atom. The van der Waals surface area contributed by atoms with Gasteiger partial charge in [-0.25, -0.2) is 0 Å². The summed E-state index contributed by atoms with van der Waals surface area (Å²) in [6.45, 7) is 29.6. The highest BCUT2D eigenvalue weighted by Crippen LogP contribution is 2.34. The van der Waals surface area contributed by atoms with Crippen LogP contribution in [-0.4, -0.2) is 81.0 Å². The van der Waals surface area contributed by atoms with Gasteiger partial charge in [-0.3, -0.25) is 19.2 Å². The highest BCUT2D eigenvalue weighted by atomic mass is 28.3. The Kier molecular flexibility index (Phi) is 23.8. The van der Waals surface area contributed by atoms with Crippen LogP contribution in [0.4, 0.5) is 0 Å². The van der Waals surface area contributed by atoms with E-state index in [4.69, 9.17) is 15.2 Å². The number of rotatable bonds is 29. The fraction of sp³-hybridized carbons (Fsp3) is 0.714. The summed E-state index contributed by atoms with van der Waals surface area (Å²) < 4.78 is 12.7. The second kappa shape index (κ2) is 27.6. The Morgan fingerprint density at radius 3 is 1.95 bits per heavy atom. The summed E-state index contributed by atoms with van der Waals surface area (Å²) in [5.74, 6) is -0.170. The fourth-order valence-electron chi connectivity index (χ4n) is 10.3. The number of Topliss-reactive ketones (excluding diaryl/α,β-unsaturated/α-hetero) is 1. The topological polar surface area (TPSA) is 128 Å². The van der Waals surface area contributed by atoms with Crippen LogP contribution >= 0.6 is 0 Å². The summed E-state index contributed by atoms with van der Waals surface area (Å²) in [6.07, 6.45) is 7.61.